The highest BCUT2D eigenvalue weighted by Crippen LogP contribution is 2.24. The van der Waals surface area contributed by atoms with E-state index in [0.717, 1.165) is 30.8 Å². The summed E-state index contributed by atoms with van der Waals surface area (Å²) >= 11 is 0. The first-order valence-electron chi connectivity index (χ1n) is 12.5. The predicted molar refractivity (Wildman–Crippen MR) is 138 cm³/mol. The van der Waals surface area contributed by atoms with Crippen molar-refractivity contribution in [3.05, 3.63) is 76.9 Å². The Morgan fingerprint density at radius 1 is 1.00 bits per heavy atom. The number of benzene rings is 2. The summed E-state index contributed by atoms with van der Waals surface area (Å²) in [6.45, 7) is 4.88. The van der Waals surface area contributed by atoms with Crippen molar-refractivity contribution in [3.63, 3.8) is 0 Å². The average molecular weight is 513 g/mol. The summed E-state index contributed by atoms with van der Waals surface area (Å²) in [4.78, 5) is 19.2. The molecule has 0 aliphatic carbocycles. The maximum atomic E-state index is 13.0. The number of hydrogen-bond donors (Lipinski definition) is 0. The summed E-state index contributed by atoms with van der Waals surface area (Å²) in [5, 5.41) is 0. The maximum Gasteiger partial charge on any atom is 0.226 e. The molecule has 1 fully saturated rings. The molecule has 0 radical (unpaired) electrons. The van der Waals surface area contributed by atoms with Crippen LogP contribution in [-0.2, 0) is 33.4 Å². The second-order valence-electron chi connectivity index (χ2n) is 9.61. The second kappa shape index (κ2) is 11.9. The minimum absolute atomic E-state index is 0.156. The lowest BCUT2D eigenvalue weighted by Gasteiger charge is -2.26. The van der Waals surface area contributed by atoms with E-state index < -0.39 is 15.6 Å². The van der Waals surface area contributed by atoms with Gasteiger partial charge in [0.05, 0.1) is 11.4 Å². The molecule has 1 aliphatic heterocycles. The fourth-order valence-electron chi connectivity index (χ4n) is 4.53. The molecule has 4 rings (SSSR count). The van der Waals surface area contributed by atoms with E-state index in [9.17, 15) is 17.6 Å². The molecule has 0 atom stereocenters. The van der Waals surface area contributed by atoms with E-state index in [1.165, 1.54) is 37.0 Å². The van der Waals surface area contributed by atoms with Crippen molar-refractivity contribution in [1.82, 2.24) is 9.88 Å². The molecule has 3 aromatic rings. The van der Waals surface area contributed by atoms with Crippen LogP contribution in [0, 0.1) is 12.7 Å². The summed E-state index contributed by atoms with van der Waals surface area (Å²) in [5.74, 6) is -0.676. The zero-order valence-electron chi connectivity index (χ0n) is 20.7. The van der Waals surface area contributed by atoms with E-state index in [-0.39, 0.29) is 23.8 Å². The molecule has 8 heteroatoms. The van der Waals surface area contributed by atoms with Gasteiger partial charge in [-0.25, -0.2) is 17.8 Å². The third-order valence-corrected chi connectivity index (χ3v) is 8.00. The standard InChI is InChI=1S/C28H33FN2O4S/c1-21-27(20-36(33,34)19-26(32)7-5-6-22-10-14-25(29)15-11-22)30-28(35-21)24-12-8-23(9-13-24)18-31-16-3-2-4-17-31/h8-15H,2-7,16-20H2,1H3. The molecule has 36 heavy (non-hydrogen) atoms. The number of halogens is 1. The Labute approximate surface area is 212 Å². The van der Waals surface area contributed by atoms with Crippen LogP contribution in [0.3, 0.4) is 0 Å². The van der Waals surface area contributed by atoms with E-state index in [1.54, 1.807) is 19.1 Å². The smallest absolute Gasteiger partial charge is 0.226 e. The number of Topliss-reactive ketones (excluding diaryl/α,β-unsaturated/α-hetero) is 1. The second-order valence-corrected chi connectivity index (χ2v) is 11.7. The third-order valence-electron chi connectivity index (χ3n) is 6.52. The summed E-state index contributed by atoms with van der Waals surface area (Å²) in [7, 11) is -3.68. The van der Waals surface area contributed by atoms with Gasteiger partial charge in [-0.2, -0.15) is 0 Å². The van der Waals surface area contributed by atoms with Gasteiger partial charge in [0.25, 0.3) is 0 Å². The summed E-state index contributed by atoms with van der Waals surface area (Å²) < 4.78 is 44.1. The highest BCUT2D eigenvalue weighted by molar-refractivity contribution is 7.91. The van der Waals surface area contributed by atoms with Crippen LogP contribution in [0.15, 0.2) is 52.9 Å². The zero-order valence-corrected chi connectivity index (χ0v) is 21.5. The third kappa shape index (κ3) is 7.58. The predicted octanol–water partition coefficient (Wildman–Crippen LogP) is 5.28. The molecule has 6 nitrogen and oxygen atoms in total. The van der Waals surface area contributed by atoms with Gasteiger partial charge in [-0.1, -0.05) is 30.7 Å². The number of nitrogens with zero attached hydrogens (tertiary/aromatic N) is 2. The number of aromatic nitrogens is 1. The molecular weight excluding hydrogens is 479 g/mol. The molecule has 1 saturated heterocycles. The van der Waals surface area contributed by atoms with Gasteiger partial charge >= 0.3 is 0 Å². The number of oxazole rings is 1. The topological polar surface area (TPSA) is 80.5 Å². The van der Waals surface area contributed by atoms with Gasteiger partial charge in [0, 0.05) is 18.5 Å². The van der Waals surface area contributed by atoms with Crippen molar-refractivity contribution >= 4 is 15.6 Å². The lowest BCUT2D eigenvalue weighted by molar-refractivity contribution is -0.116. The molecule has 0 N–H and O–H groups in total. The van der Waals surface area contributed by atoms with Gasteiger partial charge in [-0.05, 0) is 81.1 Å². The van der Waals surface area contributed by atoms with Gasteiger partial charge in [-0.3, -0.25) is 9.69 Å². The lowest BCUT2D eigenvalue weighted by atomic mass is 10.1. The molecule has 0 amide bonds. The highest BCUT2D eigenvalue weighted by Gasteiger charge is 2.22. The fraction of sp³-hybridized carbons (Fsp3) is 0.429. The number of sulfone groups is 1. The number of carbonyl (C=O) groups is 1. The minimum atomic E-state index is -3.68. The van der Waals surface area contributed by atoms with Gasteiger partial charge in [0.2, 0.25) is 5.89 Å². The van der Waals surface area contributed by atoms with Crippen molar-refractivity contribution in [3.8, 4) is 11.5 Å². The van der Waals surface area contributed by atoms with Crippen molar-refractivity contribution < 1.29 is 22.0 Å². The SMILES string of the molecule is Cc1oc(-c2ccc(CN3CCCCC3)cc2)nc1CS(=O)(=O)CC(=O)CCCc1ccc(F)cc1. The zero-order chi connectivity index (χ0) is 25.5. The fourth-order valence-corrected chi connectivity index (χ4v) is 5.95. The molecule has 0 spiro atoms. The lowest BCUT2D eigenvalue weighted by Crippen LogP contribution is -2.28. The highest BCUT2D eigenvalue weighted by atomic mass is 32.2. The summed E-state index contributed by atoms with van der Waals surface area (Å²) in [6, 6.07) is 14.1. The number of aryl methyl sites for hydroxylation is 2. The Hall–Kier alpha value is -2.84. The van der Waals surface area contributed by atoms with E-state index in [2.05, 4.69) is 22.0 Å². The van der Waals surface area contributed by atoms with E-state index >= 15 is 0 Å². The number of likely N-dealkylation sites (tertiary alicyclic amines) is 1. The van der Waals surface area contributed by atoms with Crippen LogP contribution in [-0.4, -0.2) is 42.9 Å². The molecule has 192 valence electrons. The normalized spacial score (nSPS) is 14.7. The van der Waals surface area contributed by atoms with Crippen LogP contribution in [0.1, 0.15) is 54.7 Å². The Balaban J connectivity index is 1.30. The first-order valence-corrected chi connectivity index (χ1v) is 14.3. The van der Waals surface area contributed by atoms with Crippen molar-refractivity contribution in [2.24, 2.45) is 0 Å². The number of hydrogen-bond acceptors (Lipinski definition) is 6. The molecule has 2 aromatic carbocycles. The Morgan fingerprint density at radius 2 is 1.67 bits per heavy atom. The van der Waals surface area contributed by atoms with Crippen molar-refractivity contribution in [1.29, 1.82) is 0 Å². The van der Waals surface area contributed by atoms with Crippen LogP contribution in [0.2, 0.25) is 0 Å². The molecular formula is C28H33FN2O4S. The van der Waals surface area contributed by atoms with Gasteiger partial charge in [-0.15, -0.1) is 0 Å². The molecule has 1 aliphatic rings. The van der Waals surface area contributed by atoms with Gasteiger partial charge < -0.3 is 4.42 Å². The monoisotopic (exact) mass is 512 g/mol. The average Bonchev–Trinajstić information content (AvgIpc) is 3.20. The Bertz CT molecular complexity index is 1260. The first-order chi connectivity index (χ1) is 17.3. The van der Waals surface area contributed by atoms with Crippen LogP contribution >= 0.6 is 0 Å². The van der Waals surface area contributed by atoms with E-state index in [1.807, 2.05) is 12.1 Å². The van der Waals surface area contributed by atoms with Crippen LogP contribution < -0.4 is 0 Å². The van der Waals surface area contributed by atoms with Crippen molar-refractivity contribution in [2.45, 2.75) is 57.7 Å². The number of rotatable bonds is 11. The number of carbonyl (C=O) groups excluding carboxylic acids is 1. The van der Waals surface area contributed by atoms with Gasteiger partial charge in [0.15, 0.2) is 9.84 Å². The molecule has 0 bridgehead atoms. The van der Waals surface area contributed by atoms with E-state index in [0.29, 0.717) is 30.2 Å². The minimum Gasteiger partial charge on any atom is -0.441 e. The molecule has 2 heterocycles. The van der Waals surface area contributed by atoms with Crippen molar-refractivity contribution in [2.75, 3.05) is 18.8 Å². The maximum absolute atomic E-state index is 13.0. The Morgan fingerprint density at radius 3 is 2.36 bits per heavy atom. The summed E-state index contributed by atoms with van der Waals surface area (Å²) in [6.07, 6.45) is 5.07. The Kier molecular flexibility index (Phi) is 8.69. The van der Waals surface area contributed by atoms with Crippen LogP contribution in [0.4, 0.5) is 4.39 Å². The van der Waals surface area contributed by atoms with Crippen LogP contribution in [0.25, 0.3) is 11.5 Å². The molecule has 1 aromatic heterocycles. The molecule has 0 unspecified atom stereocenters. The van der Waals surface area contributed by atoms with Crippen LogP contribution in [0.5, 0.6) is 0 Å². The largest absolute Gasteiger partial charge is 0.441 e. The first kappa shape index (κ1) is 26.2. The summed E-state index contributed by atoms with van der Waals surface area (Å²) in [5.41, 5.74) is 3.27. The van der Waals surface area contributed by atoms with Gasteiger partial charge in [0.1, 0.15) is 23.1 Å². The number of ketones is 1. The molecule has 0 saturated carbocycles. The van der Waals surface area contributed by atoms with E-state index in [4.69, 9.17) is 4.42 Å². The quantitative estimate of drug-likeness (QED) is 0.348. The number of piperidine rings is 1.